The molecule has 8 heteroatoms. The van der Waals surface area contributed by atoms with Gasteiger partial charge in [-0.2, -0.15) is 0 Å². The van der Waals surface area contributed by atoms with Gasteiger partial charge in [0.1, 0.15) is 12.2 Å². The summed E-state index contributed by atoms with van der Waals surface area (Å²) in [4.78, 5) is 26.0. The van der Waals surface area contributed by atoms with Gasteiger partial charge in [0, 0.05) is 22.4 Å². The number of allylic oxidation sites excluding steroid dienone is 20. The first kappa shape index (κ1) is 45.3. The van der Waals surface area contributed by atoms with E-state index >= 15 is 0 Å². The quantitative estimate of drug-likeness (QED) is 0.116. The van der Waals surface area contributed by atoms with E-state index in [4.69, 9.17) is 18.1 Å². The fraction of sp³-hybridized carbons (Fsp3) is 0.455. The molecule has 2 aliphatic carbocycles. The predicted molar refractivity (Wildman–Crippen MR) is 222 cm³/mol. The summed E-state index contributed by atoms with van der Waals surface area (Å²) >= 11 is 0. The van der Waals surface area contributed by atoms with Crippen LogP contribution in [0, 0.1) is 10.8 Å². The largest absolute Gasteiger partial charge is 0.348 e. The zero-order valence-corrected chi connectivity index (χ0v) is 35.8. The maximum atomic E-state index is 13.0. The van der Waals surface area contributed by atoms with Crippen molar-refractivity contribution >= 4 is 28.3 Å². The fourth-order valence-corrected chi connectivity index (χ4v) is 7.63. The van der Waals surface area contributed by atoms with Gasteiger partial charge in [0.2, 0.25) is 0 Å². The van der Waals surface area contributed by atoms with E-state index in [1.807, 2.05) is 45.4 Å². The molecule has 284 valence electrons. The van der Waals surface area contributed by atoms with Crippen LogP contribution in [-0.4, -0.2) is 51.3 Å². The molecule has 0 aromatic rings. The molecule has 0 spiro atoms. The van der Waals surface area contributed by atoms with E-state index < -0.39 is 22.9 Å². The SMILES string of the molecule is COP(OC)OC1CC(C)(C)C(/C=C/C(C)=C/C=C/C(C)=C/C=C/C=C(C)/C=C/C=C(C)/C=C/C2=C(C)C(=O)C(OP(C)C)CC2(C)C)=C(C)C1=O. The zero-order valence-electron chi connectivity index (χ0n) is 34.0. The molecule has 0 aromatic carbocycles. The summed E-state index contributed by atoms with van der Waals surface area (Å²) < 4.78 is 22.2. The van der Waals surface area contributed by atoms with Crippen molar-refractivity contribution in [2.75, 3.05) is 27.5 Å². The number of carbonyl (C=O) groups excluding carboxylic acids is 2. The molecule has 2 atom stereocenters. The molecule has 2 aliphatic rings. The zero-order chi connectivity index (χ0) is 39.2. The molecule has 0 amide bonds. The Labute approximate surface area is 317 Å². The molecule has 0 heterocycles. The highest BCUT2D eigenvalue weighted by atomic mass is 31.2. The maximum absolute atomic E-state index is 13.0. The summed E-state index contributed by atoms with van der Waals surface area (Å²) in [6.45, 7) is 24.8. The third-order valence-electron chi connectivity index (χ3n) is 9.12. The molecule has 6 nitrogen and oxygen atoms in total. The molecule has 0 bridgehead atoms. The van der Waals surface area contributed by atoms with Gasteiger partial charge in [-0.05, 0) is 101 Å². The predicted octanol–water partition coefficient (Wildman–Crippen LogP) is 12.1. The van der Waals surface area contributed by atoms with Gasteiger partial charge >= 0.3 is 8.60 Å². The number of ketones is 2. The van der Waals surface area contributed by atoms with E-state index in [0.29, 0.717) is 18.4 Å². The molecule has 0 radical (unpaired) electrons. The average Bonchev–Trinajstić information content (AvgIpc) is 3.05. The van der Waals surface area contributed by atoms with E-state index in [1.54, 1.807) is 0 Å². The second-order valence-electron chi connectivity index (χ2n) is 15.0. The van der Waals surface area contributed by atoms with Crippen LogP contribution in [0.15, 0.2) is 130 Å². The summed E-state index contributed by atoms with van der Waals surface area (Å²) in [5, 5.41) is 0. The van der Waals surface area contributed by atoms with Gasteiger partial charge in [-0.15, -0.1) is 0 Å². The third kappa shape index (κ3) is 14.2. The lowest BCUT2D eigenvalue weighted by atomic mass is 9.71. The third-order valence-corrected chi connectivity index (χ3v) is 10.8. The Balaban J connectivity index is 1.98. The molecule has 0 N–H and O–H groups in total. The first-order chi connectivity index (χ1) is 24.3. The lowest BCUT2D eigenvalue weighted by Crippen LogP contribution is -2.37. The molecule has 52 heavy (non-hydrogen) atoms. The van der Waals surface area contributed by atoms with E-state index in [9.17, 15) is 9.59 Å². The molecule has 0 saturated carbocycles. The van der Waals surface area contributed by atoms with Gasteiger partial charge in [0.25, 0.3) is 0 Å². The van der Waals surface area contributed by atoms with Crippen LogP contribution in [0.2, 0.25) is 0 Å². The standard InChI is InChI=1S/C44H62O6P2/c1-31(21-17-23-33(3)25-27-37-35(5)41(45)39(49-51(13)14)29-43(37,7)8)19-15-16-20-32(2)22-18-24-34(4)26-28-38-36(6)42(46)40(30-44(38,9)10)50-52(47-11)48-12/h15-28,39-40H,29-30H2,1-14H3/b16-15+,21-17+,22-18+,27-25+,28-26+,31-19+,32-20+,33-23+,34-24+. The van der Waals surface area contributed by atoms with Crippen molar-refractivity contribution in [1.29, 1.82) is 0 Å². The van der Waals surface area contributed by atoms with Crippen molar-refractivity contribution in [1.82, 2.24) is 0 Å². The summed E-state index contributed by atoms with van der Waals surface area (Å²) in [7, 11) is 0.908. The second-order valence-corrected chi connectivity index (χ2v) is 18.2. The molecular formula is C44H62O6P2. The Morgan fingerprint density at radius 2 is 0.942 bits per heavy atom. The smallest absolute Gasteiger partial charge is 0.332 e. The minimum atomic E-state index is -1.54. The highest BCUT2D eigenvalue weighted by Crippen LogP contribution is 2.47. The number of rotatable bonds is 16. The number of Topliss-reactive ketones (excluding diaryl/α,β-unsaturated/α-hetero) is 2. The van der Waals surface area contributed by atoms with Gasteiger partial charge in [0.05, 0.1) is 0 Å². The van der Waals surface area contributed by atoms with Crippen molar-refractivity contribution in [3.63, 3.8) is 0 Å². The normalized spacial score (nSPS) is 22.8. The van der Waals surface area contributed by atoms with Gasteiger partial charge in [-0.1, -0.05) is 135 Å². The Hall–Kier alpha value is -2.82. The van der Waals surface area contributed by atoms with E-state index in [-0.39, 0.29) is 28.5 Å². The summed E-state index contributed by atoms with van der Waals surface area (Å²) in [6, 6.07) is 0. The molecule has 0 aliphatic heterocycles. The van der Waals surface area contributed by atoms with E-state index in [2.05, 4.69) is 122 Å². The average molecular weight is 749 g/mol. The monoisotopic (exact) mass is 748 g/mol. The van der Waals surface area contributed by atoms with Crippen LogP contribution in [0.1, 0.15) is 82.1 Å². The number of carbonyl (C=O) groups is 2. The van der Waals surface area contributed by atoms with Crippen LogP contribution in [0.5, 0.6) is 0 Å². The van der Waals surface area contributed by atoms with Crippen LogP contribution in [0.3, 0.4) is 0 Å². The molecular weight excluding hydrogens is 686 g/mol. The highest BCUT2D eigenvalue weighted by Gasteiger charge is 2.40. The Morgan fingerprint density at radius 1 is 0.596 bits per heavy atom. The molecule has 2 rings (SSSR count). The van der Waals surface area contributed by atoms with Crippen molar-refractivity contribution in [3.05, 3.63) is 130 Å². The van der Waals surface area contributed by atoms with Gasteiger partial charge in [-0.25, -0.2) is 0 Å². The van der Waals surface area contributed by atoms with Crippen LogP contribution in [0.4, 0.5) is 0 Å². The van der Waals surface area contributed by atoms with Crippen LogP contribution < -0.4 is 0 Å². The van der Waals surface area contributed by atoms with Crippen LogP contribution in [-0.2, 0) is 27.7 Å². The first-order valence-corrected chi connectivity index (χ1v) is 21.1. The van der Waals surface area contributed by atoms with Gasteiger partial charge in [0.15, 0.2) is 11.6 Å². The van der Waals surface area contributed by atoms with Crippen LogP contribution in [0.25, 0.3) is 0 Å². The first-order valence-electron chi connectivity index (χ1n) is 17.8. The van der Waals surface area contributed by atoms with E-state index in [0.717, 1.165) is 39.0 Å². The number of hydrogen-bond donors (Lipinski definition) is 0. The van der Waals surface area contributed by atoms with Crippen molar-refractivity contribution in [2.45, 2.75) is 94.3 Å². The molecule has 0 aromatic heterocycles. The second kappa shape index (κ2) is 21.2. The lowest BCUT2D eigenvalue weighted by Gasteiger charge is -2.37. The summed E-state index contributed by atoms with van der Waals surface area (Å²) in [5.74, 6) is 0.0908. The van der Waals surface area contributed by atoms with Gasteiger partial charge < -0.3 is 18.1 Å². The fourth-order valence-electron chi connectivity index (χ4n) is 6.26. The Morgan fingerprint density at radius 3 is 1.31 bits per heavy atom. The van der Waals surface area contributed by atoms with Crippen molar-refractivity contribution < 1.29 is 27.7 Å². The topological polar surface area (TPSA) is 71.1 Å². The molecule has 0 saturated heterocycles. The van der Waals surface area contributed by atoms with E-state index in [1.165, 1.54) is 14.2 Å². The lowest BCUT2D eigenvalue weighted by molar-refractivity contribution is -0.125. The highest BCUT2D eigenvalue weighted by molar-refractivity contribution is 7.50. The van der Waals surface area contributed by atoms with Crippen LogP contribution >= 0.6 is 16.8 Å². The number of hydrogen-bond acceptors (Lipinski definition) is 6. The summed E-state index contributed by atoms with van der Waals surface area (Å²) in [6.07, 6.45) is 29.3. The molecule has 2 unspecified atom stereocenters. The Bertz CT molecular complexity index is 1630. The van der Waals surface area contributed by atoms with Crippen molar-refractivity contribution in [3.8, 4) is 0 Å². The summed E-state index contributed by atoms with van der Waals surface area (Å²) in [5.41, 5.74) is 7.73. The molecule has 0 fully saturated rings. The minimum Gasteiger partial charge on any atom is -0.348 e. The maximum Gasteiger partial charge on any atom is 0.332 e. The Kier molecular flexibility index (Phi) is 18.5. The van der Waals surface area contributed by atoms with Crippen molar-refractivity contribution in [2.24, 2.45) is 10.8 Å². The van der Waals surface area contributed by atoms with Gasteiger partial charge in [-0.3, -0.25) is 9.59 Å². The minimum absolute atomic E-state index is 0.0215.